The van der Waals surface area contributed by atoms with Gasteiger partial charge in [-0.1, -0.05) is 42.7 Å². The molecule has 0 bridgehead atoms. The molecule has 4 N–H and O–H groups in total. The molecule has 1 atom stereocenters. The second-order valence-electron chi connectivity index (χ2n) is 7.96. The Labute approximate surface area is 207 Å². The predicted molar refractivity (Wildman–Crippen MR) is 125 cm³/mol. The number of hydrogen-bond acceptors (Lipinski definition) is 5. The smallest absolute Gasteiger partial charge is 0.416 e. The average Bonchev–Trinajstić information content (AvgIpc) is 3.28. The summed E-state index contributed by atoms with van der Waals surface area (Å²) in [6, 6.07) is 8.28. The van der Waals surface area contributed by atoms with E-state index in [1.165, 1.54) is 18.2 Å². The number of rotatable bonds is 7. The predicted octanol–water partition coefficient (Wildman–Crippen LogP) is 5.50. The summed E-state index contributed by atoms with van der Waals surface area (Å²) in [5.41, 5.74) is 0.234. The van der Waals surface area contributed by atoms with Crippen molar-refractivity contribution in [1.82, 2.24) is 10.5 Å². The molecule has 0 spiro atoms. The van der Waals surface area contributed by atoms with Gasteiger partial charge in [-0.15, -0.1) is 0 Å². The second-order valence-corrected chi connectivity index (χ2v) is 8.37. The molecule has 1 heterocycles. The van der Waals surface area contributed by atoms with E-state index in [0.29, 0.717) is 23.0 Å². The molecular formula is C23H20ClF3N4O5. The number of amides is 3. The number of nitrogens with zero attached hydrogens (tertiary/aromatic N) is 1. The number of anilines is 2. The molecule has 36 heavy (non-hydrogen) atoms. The van der Waals surface area contributed by atoms with Crippen molar-refractivity contribution < 1.29 is 37.2 Å². The van der Waals surface area contributed by atoms with E-state index < -0.39 is 35.7 Å². The van der Waals surface area contributed by atoms with Gasteiger partial charge < -0.3 is 25.6 Å². The maximum atomic E-state index is 12.7. The second kappa shape index (κ2) is 10.7. The molecule has 0 aliphatic carbocycles. The van der Waals surface area contributed by atoms with Gasteiger partial charge in [0.05, 0.1) is 16.3 Å². The van der Waals surface area contributed by atoms with E-state index in [1.807, 2.05) is 0 Å². The van der Waals surface area contributed by atoms with Crippen molar-refractivity contribution in [3.63, 3.8) is 0 Å². The maximum Gasteiger partial charge on any atom is 0.416 e. The van der Waals surface area contributed by atoms with Gasteiger partial charge in [0.15, 0.2) is 0 Å². The molecule has 0 unspecified atom stereocenters. The van der Waals surface area contributed by atoms with E-state index in [2.05, 4.69) is 21.1 Å². The highest BCUT2D eigenvalue weighted by Gasteiger charge is 2.31. The van der Waals surface area contributed by atoms with Crippen molar-refractivity contribution in [3.05, 3.63) is 64.9 Å². The van der Waals surface area contributed by atoms with Crippen molar-refractivity contribution in [2.24, 2.45) is 5.92 Å². The monoisotopic (exact) mass is 524 g/mol. The van der Waals surface area contributed by atoms with Crippen LogP contribution in [0.15, 0.2) is 53.1 Å². The summed E-state index contributed by atoms with van der Waals surface area (Å²) in [6.07, 6.45) is -4.56. The van der Waals surface area contributed by atoms with Crippen LogP contribution in [-0.4, -0.2) is 34.2 Å². The first-order chi connectivity index (χ1) is 16.8. The lowest BCUT2D eigenvalue weighted by Crippen LogP contribution is -2.44. The van der Waals surface area contributed by atoms with Gasteiger partial charge in [-0.2, -0.15) is 13.2 Å². The van der Waals surface area contributed by atoms with E-state index in [4.69, 9.17) is 16.1 Å². The minimum Gasteiger partial charge on any atom is -0.480 e. The van der Waals surface area contributed by atoms with E-state index in [9.17, 15) is 32.7 Å². The lowest BCUT2D eigenvalue weighted by Gasteiger charge is -2.16. The van der Waals surface area contributed by atoms with Crippen LogP contribution in [0.4, 0.5) is 29.3 Å². The van der Waals surface area contributed by atoms with Crippen LogP contribution in [0.1, 0.15) is 30.0 Å². The van der Waals surface area contributed by atoms with Crippen molar-refractivity contribution in [3.8, 4) is 11.3 Å². The number of halogens is 4. The van der Waals surface area contributed by atoms with Crippen LogP contribution in [0.25, 0.3) is 11.3 Å². The number of carbonyl (C=O) groups is 3. The summed E-state index contributed by atoms with van der Waals surface area (Å²) < 4.78 is 43.3. The van der Waals surface area contributed by atoms with Gasteiger partial charge in [0.25, 0.3) is 5.91 Å². The van der Waals surface area contributed by atoms with Crippen molar-refractivity contribution in [2.45, 2.75) is 26.1 Å². The Morgan fingerprint density at radius 3 is 2.25 bits per heavy atom. The van der Waals surface area contributed by atoms with E-state index >= 15 is 0 Å². The molecule has 3 amide bonds. The molecule has 2 aromatic carbocycles. The zero-order valence-electron chi connectivity index (χ0n) is 18.8. The summed E-state index contributed by atoms with van der Waals surface area (Å²) in [6.45, 7) is 3.30. The molecule has 0 aliphatic heterocycles. The third-order valence-corrected chi connectivity index (χ3v) is 5.25. The number of nitrogens with one attached hydrogen (secondary N) is 3. The Bertz CT molecular complexity index is 1280. The first-order valence-corrected chi connectivity index (χ1v) is 10.8. The Balaban J connectivity index is 1.63. The highest BCUT2D eigenvalue weighted by Crippen LogP contribution is 2.33. The fraction of sp³-hybridized carbons (Fsp3) is 0.217. The molecule has 13 heteroatoms. The number of carboxylic acid groups (broad SMARTS) is 1. The lowest BCUT2D eigenvalue weighted by atomic mass is 10.0. The average molecular weight is 525 g/mol. The summed E-state index contributed by atoms with van der Waals surface area (Å²) in [5, 5.41) is 20.0. The van der Waals surface area contributed by atoms with Crippen LogP contribution in [-0.2, 0) is 11.0 Å². The largest absolute Gasteiger partial charge is 0.480 e. The first kappa shape index (κ1) is 26.5. The molecule has 0 fully saturated rings. The maximum absolute atomic E-state index is 12.7. The molecule has 1 aromatic heterocycles. The molecule has 0 saturated heterocycles. The minimum atomic E-state index is -4.56. The quantitative estimate of drug-likeness (QED) is 0.322. The highest BCUT2D eigenvalue weighted by molar-refractivity contribution is 6.33. The Kier molecular flexibility index (Phi) is 7.88. The highest BCUT2D eigenvalue weighted by atomic mass is 35.5. The SMILES string of the molecule is CC(C)[C@H](NC(=O)c1cc(-c2ccc(NC(=O)Nc3ccc(C(F)(F)F)cc3Cl)cc2)no1)C(=O)O. The Morgan fingerprint density at radius 2 is 1.69 bits per heavy atom. The molecule has 9 nitrogen and oxygen atoms in total. The molecular weight excluding hydrogens is 505 g/mol. The van der Waals surface area contributed by atoms with Crippen LogP contribution in [0.2, 0.25) is 5.02 Å². The first-order valence-electron chi connectivity index (χ1n) is 10.4. The number of aromatic nitrogens is 1. The van der Waals surface area contributed by atoms with Crippen molar-refractivity contribution in [1.29, 1.82) is 0 Å². The normalized spacial score (nSPS) is 12.2. The Hall–Kier alpha value is -4.06. The molecule has 190 valence electrons. The number of carboxylic acids is 1. The van der Waals surface area contributed by atoms with E-state index in [-0.39, 0.29) is 22.4 Å². The van der Waals surface area contributed by atoms with Crippen LogP contribution >= 0.6 is 11.6 Å². The fourth-order valence-electron chi connectivity index (χ4n) is 3.05. The standard InChI is InChI=1S/C23H20ClF3N4O5/c1-11(2)19(21(33)34)30-20(32)18-10-17(31-36-18)12-3-6-14(7-4-12)28-22(35)29-16-8-5-13(9-15(16)24)23(25,26)27/h3-11,19H,1-2H3,(H,30,32)(H,33,34)(H2,28,29,35)/t19-/m0/s1. The molecule has 0 aliphatic rings. The number of benzene rings is 2. The Morgan fingerprint density at radius 1 is 1.03 bits per heavy atom. The lowest BCUT2D eigenvalue weighted by molar-refractivity contribution is -0.140. The fourth-order valence-corrected chi connectivity index (χ4v) is 3.27. The number of aliphatic carboxylic acids is 1. The van der Waals surface area contributed by atoms with Gasteiger partial charge in [-0.3, -0.25) is 4.79 Å². The number of alkyl halides is 3. The third kappa shape index (κ3) is 6.54. The topological polar surface area (TPSA) is 134 Å². The van der Waals surface area contributed by atoms with E-state index in [1.54, 1.807) is 26.0 Å². The van der Waals surface area contributed by atoms with Gasteiger partial charge in [-0.05, 0) is 36.2 Å². The minimum absolute atomic E-state index is 0.00482. The summed E-state index contributed by atoms with van der Waals surface area (Å²) in [7, 11) is 0. The van der Waals surface area contributed by atoms with Crippen molar-refractivity contribution in [2.75, 3.05) is 10.6 Å². The van der Waals surface area contributed by atoms with Gasteiger partial charge in [0, 0.05) is 17.3 Å². The van der Waals surface area contributed by atoms with Crippen LogP contribution in [0.5, 0.6) is 0 Å². The number of urea groups is 1. The van der Waals surface area contributed by atoms with Gasteiger partial charge in [0.2, 0.25) is 5.76 Å². The summed E-state index contributed by atoms with van der Waals surface area (Å²) in [5.74, 6) is -2.43. The van der Waals surface area contributed by atoms with Crippen molar-refractivity contribution >= 4 is 40.9 Å². The molecule has 3 rings (SSSR count). The molecule has 0 radical (unpaired) electrons. The molecule has 3 aromatic rings. The zero-order valence-corrected chi connectivity index (χ0v) is 19.6. The van der Waals surface area contributed by atoms with Gasteiger partial charge >= 0.3 is 18.2 Å². The number of carbonyl (C=O) groups excluding carboxylic acids is 2. The van der Waals surface area contributed by atoms with Gasteiger partial charge in [0.1, 0.15) is 11.7 Å². The van der Waals surface area contributed by atoms with Crippen LogP contribution in [0, 0.1) is 5.92 Å². The molecule has 0 saturated carbocycles. The van der Waals surface area contributed by atoms with Gasteiger partial charge in [-0.25, -0.2) is 9.59 Å². The van der Waals surface area contributed by atoms with Crippen LogP contribution in [0.3, 0.4) is 0 Å². The summed E-state index contributed by atoms with van der Waals surface area (Å²) >= 11 is 5.84. The summed E-state index contributed by atoms with van der Waals surface area (Å²) in [4.78, 5) is 35.8. The number of hydrogen-bond donors (Lipinski definition) is 4. The van der Waals surface area contributed by atoms with E-state index in [0.717, 1.165) is 12.1 Å². The third-order valence-electron chi connectivity index (χ3n) is 4.94. The zero-order chi connectivity index (χ0) is 26.6. The van der Waals surface area contributed by atoms with Crippen LogP contribution < -0.4 is 16.0 Å².